The molecule has 4 nitrogen and oxygen atoms in total. The molecule has 0 aliphatic carbocycles. The molecule has 0 aromatic heterocycles. The average Bonchev–Trinajstić information content (AvgIpc) is 2.28. The minimum atomic E-state index is -0.480. The Morgan fingerprint density at radius 1 is 1.00 bits per heavy atom. The third-order valence-corrected chi connectivity index (χ3v) is 2.17. The van der Waals surface area contributed by atoms with Gasteiger partial charge < -0.3 is 9.47 Å². The van der Waals surface area contributed by atoms with Crippen LogP contribution in [0.3, 0.4) is 0 Å². The summed E-state index contributed by atoms with van der Waals surface area (Å²) in [6.07, 6.45) is 4.78. The number of hydrogen-bond acceptors (Lipinski definition) is 4. The highest BCUT2D eigenvalue weighted by Gasteiger charge is 2.12. The van der Waals surface area contributed by atoms with E-state index in [-0.39, 0.29) is 0 Å². The second-order valence-electron chi connectivity index (χ2n) is 3.60. The number of carbonyl (C=O) groups excluding carboxylic acids is 2. The molecule has 0 rings (SSSR count). The van der Waals surface area contributed by atoms with Crippen molar-refractivity contribution < 1.29 is 19.1 Å². The van der Waals surface area contributed by atoms with E-state index in [1.807, 2.05) is 0 Å². The Labute approximate surface area is 103 Å². The van der Waals surface area contributed by atoms with Crippen molar-refractivity contribution in [1.29, 1.82) is 0 Å². The van der Waals surface area contributed by atoms with Crippen molar-refractivity contribution in [3.63, 3.8) is 0 Å². The largest absolute Gasteiger partial charge is 0.463 e. The third-order valence-electron chi connectivity index (χ3n) is 2.17. The van der Waals surface area contributed by atoms with E-state index in [9.17, 15) is 9.59 Å². The van der Waals surface area contributed by atoms with Crippen LogP contribution in [-0.4, -0.2) is 25.2 Å². The van der Waals surface area contributed by atoms with Gasteiger partial charge in [0, 0.05) is 11.6 Å². The van der Waals surface area contributed by atoms with Gasteiger partial charge in [0.05, 0.1) is 13.2 Å². The van der Waals surface area contributed by atoms with Crippen LogP contribution in [0.2, 0.25) is 0 Å². The fourth-order valence-electron chi connectivity index (χ4n) is 1.35. The molecule has 0 heterocycles. The van der Waals surface area contributed by atoms with Gasteiger partial charge in [-0.25, -0.2) is 9.59 Å². The Bertz CT molecular complexity index is 269. The fourth-order valence-corrected chi connectivity index (χ4v) is 1.35. The molecule has 0 N–H and O–H groups in total. The molecular formula is C13H22O4. The summed E-state index contributed by atoms with van der Waals surface area (Å²) < 4.78 is 9.68. The number of hydrogen-bond donors (Lipinski definition) is 0. The van der Waals surface area contributed by atoms with Crippen molar-refractivity contribution in [1.82, 2.24) is 0 Å². The van der Waals surface area contributed by atoms with E-state index in [2.05, 4.69) is 6.92 Å². The number of unbranched alkanes of at least 4 members (excludes halogenated alkanes) is 2. The normalized spacial score (nSPS) is 11.1. The summed E-state index contributed by atoms with van der Waals surface area (Å²) in [5.74, 6) is -0.899. The highest BCUT2D eigenvalue weighted by molar-refractivity contribution is 5.96. The molecule has 0 aromatic rings. The van der Waals surface area contributed by atoms with Crippen LogP contribution < -0.4 is 0 Å². The first-order chi connectivity index (χ1) is 8.15. The maximum Gasteiger partial charge on any atom is 0.334 e. The summed E-state index contributed by atoms with van der Waals surface area (Å²) in [4.78, 5) is 22.9. The summed E-state index contributed by atoms with van der Waals surface area (Å²) in [7, 11) is 0. The second kappa shape index (κ2) is 9.87. The van der Waals surface area contributed by atoms with Crippen LogP contribution in [0.5, 0.6) is 0 Å². The van der Waals surface area contributed by atoms with Crippen LogP contribution in [0.1, 0.15) is 46.5 Å². The molecular weight excluding hydrogens is 220 g/mol. The summed E-state index contributed by atoms with van der Waals surface area (Å²) >= 11 is 0. The van der Waals surface area contributed by atoms with Crippen molar-refractivity contribution in [2.75, 3.05) is 13.2 Å². The molecule has 0 saturated carbocycles. The molecule has 0 bridgehead atoms. The zero-order valence-electron chi connectivity index (χ0n) is 11.0. The summed E-state index contributed by atoms with van der Waals surface area (Å²) in [6, 6.07) is 0. The Hall–Kier alpha value is -1.32. The van der Waals surface area contributed by atoms with Gasteiger partial charge in [0.25, 0.3) is 0 Å². The van der Waals surface area contributed by atoms with Crippen LogP contribution in [-0.2, 0) is 19.1 Å². The highest BCUT2D eigenvalue weighted by atomic mass is 16.5. The lowest BCUT2D eigenvalue weighted by atomic mass is 10.1. The summed E-state index contributed by atoms with van der Waals surface area (Å²) in [5, 5.41) is 0. The molecule has 0 amide bonds. The van der Waals surface area contributed by atoms with Crippen LogP contribution in [0, 0.1) is 0 Å². The molecule has 0 aromatic carbocycles. The van der Waals surface area contributed by atoms with Gasteiger partial charge in [-0.05, 0) is 26.7 Å². The van der Waals surface area contributed by atoms with Gasteiger partial charge in [-0.3, -0.25) is 0 Å². The number of ether oxygens (including phenoxy) is 2. The van der Waals surface area contributed by atoms with Crippen molar-refractivity contribution in [2.45, 2.75) is 46.5 Å². The number of esters is 2. The smallest absolute Gasteiger partial charge is 0.334 e. The van der Waals surface area contributed by atoms with Gasteiger partial charge >= 0.3 is 11.9 Å². The lowest BCUT2D eigenvalue weighted by Crippen LogP contribution is -2.11. The molecule has 0 radical (unpaired) electrons. The lowest BCUT2D eigenvalue weighted by molar-refractivity contribution is -0.141. The molecule has 4 heteroatoms. The fraction of sp³-hybridized carbons (Fsp3) is 0.692. The summed E-state index contributed by atoms with van der Waals surface area (Å²) in [5.41, 5.74) is 0.402. The quantitative estimate of drug-likeness (QED) is 0.373. The SMILES string of the molecule is CCCCCC(=CC(=O)OCC)C(=O)OCC. The molecule has 0 aliphatic rings. The molecule has 0 atom stereocenters. The average molecular weight is 242 g/mol. The summed E-state index contributed by atoms with van der Waals surface area (Å²) in [6.45, 7) is 6.17. The molecule has 0 saturated heterocycles. The molecule has 98 valence electrons. The van der Waals surface area contributed by atoms with Crippen LogP contribution in [0.25, 0.3) is 0 Å². The molecule has 0 fully saturated rings. The standard InChI is InChI=1S/C13H22O4/c1-4-7-8-9-11(13(15)17-6-3)10-12(14)16-5-2/h10H,4-9H2,1-3H3. The molecule has 17 heavy (non-hydrogen) atoms. The van der Waals surface area contributed by atoms with Crippen LogP contribution in [0.4, 0.5) is 0 Å². The van der Waals surface area contributed by atoms with Gasteiger partial charge in [0.2, 0.25) is 0 Å². The van der Waals surface area contributed by atoms with Gasteiger partial charge in [-0.15, -0.1) is 0 Å². The number of carbonyl (C=O) groups is 2. The van der Waals surface area contributed by atoms with Crippen LogP contribution in [0.15, 0.2) is 11.6 Å². The zero-order valence-corrected chi connectivity index (χ0v) is 11.0. The maximum atomic E-state index is 11.6. The van der Waals surface area contributed by atoms with Crippen molar-refractivity contribution >= 4 is 11.9 Å². The maximum absolute atomic E-state index is 11.6. The highest BCUT2D eigenvalue weighted by Crippen LogP contribution is 2.11. The van der Waals surface area contributed by atoms with E-state index in [1.54, 1.807) is 13.8 Å². The minimum Gasteiger partial charge on any atom is -0.463 e. The Morgan fingerprint density at radius 3 is 2.18 bits per heavy atom. The molecule has 0 aliphatic heterocycles. The molecule has 0 spiro atoms. The van der Waals surface area contributed by atoms with Gasteiger partial charge in [-0.2, -0.15) is 0 Å². The van der Waals surface area contributed by atoms with E-state index in [1.165, 1.54) is 6.08 Å². The second-order valence-corrected chi connectivity index (χ2v) is 3.60. The van der Waals surface area contributed by atoms with Gasteiger partial charge in [-0.1, -0.05) is 19.8 Å². The Balaban J connectivity index is 4.47. The molecule has 0 unspecified atom stereocenters. The van der Waals surface area contributed by atoms with E-state index in [0.29, 0.717) is 25.2 Å². The van der Waals surface area contributed by atoms with E-state index in [4.69, 9.17) is 9.47 Å². The van der Waals surface area contributed by atoms with Crippen molar-refractivity contribution in [3.8, 4) is 0 Å². The monoisotopic (exact) mass is 242 g/mol. The zero-order chi connectivity index (χ0) is 13.1. The van der Waals surface area contributed by atoms with Gasteiger partial charge in [0.1, 0.15) is 0 Å². The first kappa shape index (κ1) is 15.7. The van der Waals surface area contributed by atoms with E-state index < -0.39 is 11.9 Å². The predicted molar refractivity (Wildman–Crippen MR) is 65.5 cm³/mol. The predicted octanol–water partition coefficient (Wildman–Crippen LogP) is 2.62. The first-order valence-electron chi connectivity index (χ1n) is 6.20. The van der Waals surface area contributed by atoms with Crippen LogP contribution >= 0.6 is 0 Å². The Kier molecular flexibility index (Phi) is 9.11. The topological polar surface area (TPSA) is 52.6 Å². The van der Waals surface area contributed by atoms with E-state index >= 15 is 0 Å². The van der Waals surface area contributed by atoms with Crippen molar-refractivity contribution in [3.05, 3.63) is 11.6 Å². The number of rotatable bonds is 8. The lowest BCUT2D eigenvalue weighted by Gasteiger charge is -2.06. The minimum absolute atomic E-state index is 0.306. The van der Waals surface area contributed by atoms with Crippen molar-refractivity contribution in [2.24, 2.45) is 0 Å². The first-order valence-corrected chi connectivity index (χ1v) is 6.20. The van der Waals surface area contributed by atoms with E-state index in [0.717, 1.165) is 19.3 Å². The van der Waals surface area contributed by atoms with Gasteiger partial charge in [0.15, 0.2) is 0 Å². The Morgan fingerprint density at radius 2 is 1.65 bits per heavy atom. The third kappa shape index (κ3) is 7.55.